The fraction of sp³-hybridized carbons (Fsp3) is 0.200. The van der Waals surface area contributed by atoms with Gasteiger partial charge < -0.3 is 9.73 Å². The van der Waals surface area contributed by atoms with Gasteiger partial charge in [0.25, 0.3) is 0 Å². The van der Waals surface area contributed by atoms with Crippen LogP contribution in [0.4, 0.5) is 4.39 Å². The number of nitrogens with one attached hydrogen (secondary N) is 1. The lowest BCUT2D eigenvalue weighted by atomic mass is 10.2. The highest BCUT2D eigenvalue weighted by Gasteiger charge is 2.20. The zero-order chi connectivity index (χ0) is 13.9. The molecule has 0 aliphatic heterocycles. The molecule has 0 aliphatic carbocycles. The molecule has 0 saturated heterocycles. The second kappa shape index (κ2) is 5.38. The predicted molar refractivity (Wildman–Crippen MR) is 73.7 cm³/mol. The van der Waals surface area contributed by atoms with E-state index in [0.29, 0.717) is 11.6 Å². The van der Waals surface area contributed by atoms with Crippen LogP contribution in [0.5, 0.6) is 0 Å². The first kappa shape index (κ1) is 12.7. The molecule has 0 amide bonds. The van der Waals surface area contributed by atoms with Crippen LogP contribution in [0, 0.1) is 5.82 Å². The van der Waals surface area contributed by atoms with Crippen molar-refractivity contribution in [2.75, 3.05) is 6.54 Å². The summed E-state index contributed by atoms with van der Waals surface area (Å²) in [6.07, 6.45) is 3.35. The lowest BCUT2D eigenvalue weighted by Gasteiger charge is -2.13. The number of benzene rings is 1. The van der Waals surface area contributed by atoms with Gasteiger partial charge in [0.15, 0.2) is 17.2 Å². The molecule has 2 aromatic heterocycles. The summed E-state index contributed by atoms with van der Waals surface area (Å²) in [7, 11) is 0. The maximum atomic E-state index is 13.7. The summed E-state index contributed by atoms with van der Waals surface area (Å²) in [6, 6.07) is 8.16. The van der Waals surface area contributed by atoms with Gasteiger partial charge in [-0.2, -0.15) is 0 Å². The van der Waals surface area contributed by atoms with Crippen LogP contribution in [0.2, 0.25) is 0 Å². The first-order valence-electron chi connectivity index (χ1n) is 6.48. The van der Waals surface area contributed by atoms with E-state index in [1.807, 2.05) is 19.1 Å². The van der Waals surface area contributed by atoms with Crippen molar-refractivity contribution in [2.45, 2.75) is 13.0 Å². The number of halogens is 1. The van der Waals surface area contributed by atoms with Crippen molar-refractivity contribution >= 4 is 11.0 Å². The molecule has 4 nitrogen and oxygen atoms in total. The predicted octanol–water partition coefficient (Wildman–Crippen LogP) is 3.06. The Morgan fingerprint density at radius 1 is 1.25 bits per heavy atom. The molecule has 2 heterocycles. The number of nitrogens with zero attached hydrogens (tertiary/aromatic N) is 2. The van der Waals surface area contributed by atoms with Crippen LogP contribution in [0.3, 0.4) is 0 Å². The van der Waals surface area contributed by atoms with Crippen molar-refractivity contribution in [3.63, 3.8) is 0 Å². The molecular weight excluding hydrogens is 257 g/mol. The van der Waals surface area contributed by atoms with E-state index in [1.54, 1.807) is 24.5 Å². The van der Waals surface area contributed by atoms with Gasteiger partial charge in [0.1, 0.15) is 11.8 Å². The second-order valence-electron chi connectivity index (χ2n) is 4.40. The highest BCUT2D eigenvalue weighted by Crippen LogP contribution is 2.28. The van der Waals surface area contributed by atoms with Gasteiger partial charge in [0.05, 0.1) is 0 Å². The van der Waals surface area contributed by atoms with Crippen LogP contribution in [0.1, 0.15) is 24.6 Å². The molecule has 0 aliphatic rings. The number of aromatic nitrogens is 2. The molecule has 1 N–H and O–H groups in total. The molecule has 0 fully saturated rings. The number of hydrogen-bond donors (Lipinski definition) is 1. The van der Waals surface area contributed by atoms with Crippen LogP contribution < -0.4 is 5.32 Å². The number of rotatable bonds is 4. The second-order valence-corrected chi connectivity index (χ2v) is 4.40. The van der Waals surface area contributed by atoms with Gasteiger partial charge in [-0.15, -0.1) is 0 Å². The van der Waals surface area contributed by atoms with Crippen molar-refractivity contribution in [2.24, 2.45) is 0 Å². The molecule has 102 valence electrons. The topological polar surface area (TPSA) is 51.0 Å². The molecule has 5 heteroatoms. The van der Waals surface area contributed by atoms with Gasteiger partial charge >= 0.3 is 0 Å². The standard InChI is InChI=1S/C15H14FN3O/c1-2-17-13(15-18-7-4-8-19-15)12-9-10-5-3-6-11(16)14(10)20-12/h3-9,13,17H,2H2,1H3. The van der Waals surface area contributed by atoms with Gasteiger partial charge in [-0.05, 0) is 24.7 Å². The Morgan fingerprint density at radius 3 is 2.75 bits per heavy atom. The highest BCUT2D eigenvalue weighted by atomic mass is 19.1. The number of fused-ring (bicyclic) bond motifs is 1. The van der Waals surface area contributed by atoms with Crippen molar-refractivity contribution < 1.29 is 8.81 Å². The summed E-state index contributed by atoms with van der Waals surface area (Å²) in [6.45, 7) is 2.71. The maximum absolute atomic E-state index is 13.7. The van der Waals surface area contributed by atoms with Crippen molar-refractivity contribution in [1.82, 2.24) is 15.3 Å². The van der Waals surface area contributed by atoms with Gasteiger partial charge in [-0.1, -0.05) is 19.1 Å². The Morgan fingerprint density at radius 2 is 2.05 bits per heavy atom. The van der Waals surface area contributed by atoms with Crippen molar-refractivity contribution in [3.8, 4) is 0 Å². The largest absolute Gasteiger partial charge is 0.456 e. The average Bonchev–Trinajstić information content (AvgIpc) is 2.91. The Bertz CT molecular complexity index is 711. The molecule has 3 aromatic rings. The van der Waals surface area contributed by atoms with E-state index in [1.165, 1.54) is 6.07 Å². The van der Waals surface area contributed by atoms with Crippen LogP contribution in [-0.4, -0.2) is 16.5 Å². The third-order valence-electron chi connectivity index (χ3n) is 3.05. The molecule has 20 heavy (non-hydrogen) atoms. The van der Waals surface area contributed by atoms with E-state index < -0.39 is 0 Å². The number of para-hydroxylation sites is 1. The molecule has 1 unspecified atom stereocenters. The quantitative estimate of drug-likeness (QED) is 0.792. The zero-order valence-corrected chi connectivity index (χ0v) is 11.0. The summed E-state index contributed by atoms with van der Waals surface area (Å²) < 4.78 is 19.4. The minimum atomic E-state index is -0.363. The molecule has 0 spiro atoms. The zero-order valence-electron chi connectivity index (χ0n) is 11.0. The van der Waals surface area contributed by atoms with Gasteiger partial charge in [-0.25, -0.2) is 14.4 Å². The molecule has 1 atom stereocenters. The van der Waals surface area contributed by atoms with Crippen LogP contribution in [0.25, 0.3) is 11.0 Å². The molecule has 0 radical (unpaired) electrons. The van der Waals surface area contributed by atoms with Crippen LogP contribution in [-0.2, 0) is 0 Å². The van der Waals surface area contributed by atoms with E-state index in [0.717, 1.165) is 11.9 Å². The van der Waals surface area contributed by atoms with E-state index >= 15 is 0 Å². The Balaban J connectivity index is 2.08. The Labute approximate surface area is 115 Å². The molecule has 3 rings (SSSR count). The third-order valence-corrected chi connectivity index (χ3v) is 3.05. The monoisotopic (exact) mass is 271 g/mol. The Hall–Kier alpha value is -2.27. The normalized spacial score (nSPS) is 12.7. The lowest BCUT2D eigenvalue weighted by Crippen LogP contribution is -2.23. The summed E-state index contributed by atoms with van der Waals surface area (Å²) in [5.74, 6) is 0.852. The average molecular weight is 271 g/mol. The highest BCUT2D eigenvalue weighted by molar-refractivity contribution is 5.78. The minimum Gasteiger partial charge on any atom is -0.456 e. The van der Waals surface area contributed by atoms with Crippen LogP contribution >= 0.6 is 0 Å². The third kappa shape index (κ3) is 2.28. The van der Waals surface area contributed by atoms with E-state index in [2.05, 4.69) is 15.3 Å². The van der Waals surface area contributed by atoms with Crippen molar-refractivity contribution in [3.05, 3.63) is 60.1 Å². The van der Waals surface area contributed by atoms with Gasteiger partial charge in [-0.3, -0.25) is 0 Å². The van der Waals surface area contributed by atoms with Crippen molar-refractivity contribution in [1.29, 1.82) is 0 Å². The van der Waals surface area contributed by atoms with Gasteiger partial charge in [0.2, 0.25) is 0 Å². The van der Waals surface area contributed by atoms with E-state index in [-0.39, 0.29) is 17.4 Å². The summed E-state index contributed by atoms with van der Waals surface area (Å²) >= 11 is 0. The van der Waals surface area contributed by atoms with E-state index in [4.69, 9.17) is 4.42 Å². The first-order valence-corrected chi connectivity index (χ1v) is 6.48. The van der Waals surface area contributed by atoms with Gasteiger partial charge in [0, 0.05) is 17.8 Å². The van der Waals surface area contributed by atoms with E-state index in [9.17, 15) is 4.39 Å². The first-order chi connectivity index (χ1) is 9.79. The van der Waals surface area contributed by atoms with Crippen LogP contribution in [0.15, 0.2) is 47.1 Å². The molecular formula is C15H14FN3O. The lowest BCUT2D eigenvalue weighted by molar-refractivity contribution is 0.453. The molecule has 0 bridgehead atoms. The number of hydrogen-bond acceptors (Lipinski definition) is 4. The molecule has 0 saturated carbocycles. The minimum absolute atomic E-state index is 0.265. The fourth-order valence-electron chi connectivity index (χ4n) is 2.17. The number of furan rings is 1. The SMILES string of the molecule is CCNC(c1ncccn1)c1cc2cccc(F)c2o1. The molecule has 1 aromatic carbocycles. The Kier molecular flexibility index (Phi) is 3.43. The maximum Gasteiger partial charge on any atom is 0.169 e. The summed E-state index contributed by atoms with van der Waals surface area (Å²) in [5, 5.41) is 3.99. The summed E-state index contributed by atoms with van der Waals surface area (Å²) in [4.78, 5) is 8.48. The fourth-order valence-corrected chi connectivity index (χ4v) is 2.17. The smallest absolute Gasteiger partial charge is 0.169 e. The summed E-state index contributed by atoms with van der Waals surface area (Å²) in [5.41, 5.74) is 0.265.